The number of methoxy groups -OCH3 is 2. The molecule has 0 unspecified atom stereocenters. The Morgan fingerprint density at radius 3 is 2.57 bits per heavy atom. The third-order valence-corrected chi connectivity index (χ3v) is 3.53. The molecule has 0 bridgehead atoms. The van der Waals surface area contributed by atoms with Gasteiger partial charge in [0.2, 0.25) is 11.0 Å². The van der Waals surface area contributed by atoms with Gasteiger partial charge in [0, 0.05) is 29.7 Å². The Labute approximate surface area is 127 Å². The minimum absolute atomic E-state index is 0.121. The zero-order chi connectivity index (χ0) is 15.0. The van der Waals surface area contributed by atoms with Crippen LogP contribution in [0.3, 0.4) is 0 Å². The molecule has 5 nitrogen and oxygen atoms in total. The average molecular weight is 304 g/mol. The highest BCUT2D eigenvalue weighted by Gasteiger charge is 2.20. The Bertz CT molecular complexity index is 814. The minimum atomic E-state index is 0.121. The summed E-state index contributed by atoms with van der Waals surface area (Å²) in [4.78, 5) is 8.36. The zero-order valence-electron chi connectivity index (χ0n) is 11.9. The molecular formula is C15H14ClN3O2. The second kappa shape index (κ2) is 5.26. The molecular weight excluding hydrogens is 290 g/mol. The lowest BCUT2D eigenvalue weighted by molar-refractivity contribution is 0.342. The van der Waals surface area contributed by atoms with Crippen LogP contribution in [0.2, 0.25) is 5.28 Å². The third-order valence-electron chi connectivity index (χ3n) is 3.36. The van der Waals surface area contributed by atoms with Crippen LogP contribution in [0.15, 0.2) is 30.5 Å². The van der Waals surface area contributed by atoms with Gasteiger partial charge in [0.05, 0.1) is 14.2 Å². The van der Waals surface area contributed by atoms with Crippen LogP contribution in [0.25, 0.3) is 22.2 Å². The second-order valence-electron chi connectivity index (χ2n) is 4.55. The summed E-state index contributed by atoms with van der Waals surface area (Å²) < 4.78 is 12.7. The second-order valence-corrected chi connectivity index (χ2v) is 4.89. The van der Waals surface area contributed by atoms with E-state index >= 15 is 0 Å². The monoisotopic (exact) mass is 303 g/mol. The number of hydrogen-bond acceptors (Lipinski definition) is 4. The van der Waals surface area contributed by atoms with Crippen LogP contribution < -0.4 is 9.47 Å². The lowest BCUT2D eigenvalue weighted by atomic mass is 10.1. The molecule has 3 aromatic rings. The molecule has 108 valence electrons. The maximum Gasteiger partial charge on any atom is 0.261 e. The van der Waals surface area contributed by atoms with E-state index in [9.17, 15) is 0 Å². The molecule has 0 spiro atoms. The Morgan fingerprint density at radius 2 is 1.86 bits per heavy atom. The molecule has 0 radical (unpaired) electrons. The van der Waals surface area contributed by atoms with Crippen LogP contribution in [0.1, 0.15) is 0 Å². The predicted molar refractivity (Wildman–Crippen MR) is 82.1 cm³/mol. The first-order chi connectivity index (χ1) is 10.2. The van der Waals surface area contributed by atoms with Gasteiger partial charge in [-0.3, -0.25) is 0 Å². The number of para-hydroxylation sites is 1. The first kappa shape index (κ1) is 13.7. The molecule has 0 fully saturated rings. The summed E-state index contributed by atoms with van der Waals surface area (Å²) in [5, 5.41) is 1.19. The molecule has 6 heteroatoms. The molecule has 2 aromatic heterocycles. The molecule has 3 rings (SSSR count). The summed E-state index contributed by atoms with van der Waals surface area (Å²) in [5.74, 6) is 0.790. The van der Waals surface area contributed by atoms with Gasteiger partial charge in [-0.05, 0) is 17.7 Å². The quantitative estimate of drug-likeness (QED) is 0.697. The van der Waals surface area contributed by atoms with Gasteiger partial charge in [0.15, 0.2) is 0 Å². The Kier molecular flexibility index (Phi) is 3.43. The van der Waals surface area contributed by atoms with Crippen LogP contribution in [-0.2, 0) is 7.05 Å². The molecule has 0 aliphatic heterocycles. The number of aromatic nitrogens is 3. The van der Waals surface area contributed by atoms with Crippen LogP contribution in [0.5, 0.6) is 11.6 Å². The van der Waals surface area contributed by atoms with Gasteiger partial charge in [0.1, 0.15) is 5.69 Å². The van der Waals surface area contributed by atoms with E-state index in [0.717, 1.165) is 16.5 Å². The average Bonchev–Trinajstić information content (AvgIpc) is 2.84. The van der Waals surface area contributed by atoms with E-state index < -0.39 is 0 Å². The van der Waals surface area contributed by atoms with E-state index in [1.54, 1.807) is 7.11 Å². The van der Waals surface area contributed by atoms with E-state index in [4.69, 9.17) is 21.1 Å². The summed E-state index contributed by atoms with van der Waals surface area (Å²) >= 11 is 6.00. The molecule has 1 aromatic carbocycles. The standard InChI is InChI=1S/C15H14ClN3O2/c1-19-8-10(9-6-4-5-7-11(9)19)12-13(20-2)14(21-3)18-15(16)17-12/h4-8H,1-3H3. The Balaban J connectivity index is 2.35. The van der Waals surface area contributed by atoms with E-state index in [2.05, 4.69) is 9.97 Å². The van der Waals surface area contributed by atoms with E-state index in [1.165, 1.54) is 7.11 Å². The highest BCUT2D eigenvalue weighted by atomic mass is 35.5. The van der Waals surface area contributed by atoms with Gasteiger partial charge >= 0.3 is 0 Å². The van der Waals surface area contributed by atoms with Crippen LogP contribution in [-0.4, -0.2) is 28.8 Å². The maximum absolute atomic E-state index is 6.00. The topological polar surface area (TPSA) is 49.2 Å². The number of ether oxygens (including phenoxy) is 2. The van der Waals surface area contributed by atoms with Gasteiger partial charge in [-0.15, -0.1) is 0 Å². The number of hydrogen-bond donors (Lipinski definition) is 0. The molecule has 0 saturated carbocycles. The third kappa shape index (κ3) is 2.19. The van der Waals surface area contributed by atoms with Crippen LogP contribution in [0, 0.1) is 0 Å². The van der Waals surface area contributed by atoms with Crippen molar-refractivity contribution in [3.8, 4) is 22.9 Å². The molecule has 0 aliphatic rings. The molecule has 2 heterocycles. The minimum Gasteiger partial charge on any atom is -0.490 e. The van der Waals surface area contributed by atoms with Gasteiger partial charge in [-0.1, -0.05) is 18.2 Å². The highest BCUT2D eigenvalue weighted by Crippen LogP contribution is 2.39. The summed E-state index contributed by atoms with van der Waals surface area (Å²) in [7, 11) is 5.07. The fourth-order valence-electron chi connectivity index (χ4n) is 2.44. The summed E-state index contributed by atoms with van der Waals surface area (Å²) in [6, 6.07) is 8.06. The number of aryl methyl sites for hydroxylation is 1. The first-order valence-electron chi connectivity index (χ1n) is 6.35. The summed E-state index contributed by atoms with van der Waals surface area (Å²) in [5.41, 5.74) is 2.64. The fraction of sp³-hybridized carbons (Fsp3) is 0.200. The lowest BCUT2D eigenvalue weighted by Crippen LogP contribution is -1.99. The first-order valence-corrected chi connectivity index (χ1v) is 6.73. The number of fused-ring (bicyclic) bond motifs is 1. The summed E-state index contributed by atoms with van der Waals surface area (Å²) in [6.45, 7) is 0. The van der Waals surface area contributed by atoms with Crippen molar-refractivity contribution in [1.82, 2.24) is 14.5 Å². The number of benzene rings is 1. The number of nitrogens with zero attached hydrogens (tertiary/aromatic N) is 3. The van der Waals surface area contributed by atoms with Gasteiger partial charge in [-0.2, -0.15) is 4.98 Å². The molecule has 0 saturated heterocycles. The normalized spacial score (nSPS) is 10.9. The van der Waals surface area contributed by atoms with Gasteiger partial charge in [-0.25, -0.2) is 4.98 Å². The lowest BCUT2D eigenvalue weighted by Gasteiger charge is -2.10. The van der Waals surface area contributed by atoms with Crippen molar-refractivity contribution >= 4 is 22.5 Å². The molecule has 0 amide bonds. The Morgan fingerprint density at radius 1 is 1.10 bits per heavy atom. The number of rotatable bonds is 3. The predicted octanol–water partition coefficient (Wildman–Crippen LogP) is 3.31. The van der Waals surface area contributed by atoms with Crippen molar-refractivity contribution in [2.45, 2.75) is 0 Å². The maximum atomic E-state index is 6.00. The SMILES string of the molecule is COc1nc(Cl)nc(-c2cn(C)c3ccccc23)c1OC. The largest absolute Gasteiger partial charge is 0.490 e. The smallest absolute Gasteiger partial charge is 0.261 e. The Hall–Kier alpha value is -2.27. The van der Waals surface area contributed by atoms with Gasteiger partial charge in [0.25, 0.3) is 5.88 Å². The van der Waals surface area contributed by atoms with Crippen molar-refractivity contribution in [2.24, 2.45) is 7.05 Å². The van der Waals surface area contributed by atoms with Crippen molar-refractivity contribution < 1.29 is 9.47 Å². The molecule has 0 aliphatic carbocycles. The van der Waals surface area contributed by atoms with E-state index in [0.29, 0.717) is 17.3 Å². The van der Waals surface area contributed by atoms with Crippen molar-refractivity contribution in [1.29, 1.82) is 0 Å². The van der Waals surface area contributed by atoms with Crippen LogP contribution in [0.4, 0.5) is 0 Å². The van der Waals surface area contributed by atoms with Crippen molar-refractivity contribution in [3.63, 3.8) is 0 Å². The number of halogens is 1. The van der Waals surface area contributed by atoms with Gasteiger partial charge < -0.3 is 14.0 Å². The zero-order valence-corrected chi connectivity index (χ0v) is 12.7. The van der Waals surface area contributed by atoms with Crippen LogP contribution >= 0.6 is 11.6 Å². The molecule has 0 N–H and O–H groups in total. The van der Waals surface area contributed by atoms with E-state index in [1.807, 2.05) is 42.1 Å². The fourth-order valence-corrected chi connectivity index (χ4v) is 2.60. The van der Waals surface area contributed by atoms with Crippen molar-refractivity contribution in [3.05, 3.63) is 35.7 Å². The summed E-state index contributed by atoms with van der Waals surface area (Å²) in [6.07, 6.45) is 1.99. The molecule has 0 atom stereocenters. The van der Waals surface area contributed by atoms with E-state index in [-0.39, 0.29) is 5.28 Å². The highest BCUT2D eigenvalue weighted by molar-refractivity contribution is 6.28. The molecule has 21 heavy (non-hydrogen) atoms. The van der Waals surface area contributed by atoms with Crippen molar-refractivity contribution in [2.75, 3.05) is 14.2 Å².